The van der Waals surface area contributed by atoms with Crippen LogP contribution in [0, 0.1) is 17.8 Å². The van der Waals surface area contributed by atoms with Gasteiger partial charge in [0.1, 0.15) is 5.78 Å². The average molecular weight is 364 g/mol. The minimum absolute atomic E-state index is 0.171. The number of likely N-dealkylation sites (N-methyl/N-ethyl adjacent to an activating group) is 1. The second kappa shape index (κ2) is 9.32. The summed E-state index contributed by atoms with van der Waals surface area (Å²) < 4.78 is 0. The Morgan fingerprint density at radius 3 is 1.85 bits per heavy atom. The zero-order valence-corrected chi connectivity index (χ0v) is 16.8. The molecule has 0 radical (unpaired) electrons. The van der Waals surface area contributed by atoms with Gasteiger partial charge in [-0.1, -0.05) is 6.92 Å². The molecular formula is C21H37N3O2. The van der Waals surface area contributed by atoms with Crippen molar-refractivity contribution in [1.82, 2.24) is 14.7 Å². The summed E-state index contributed by atoms with van der Waals surface area (Å²) in [6, 6.07) is 0. The average Bonchev–Trinajstić information content (AvgIpc) is 2.69. The lowest BCUT2D eigenvalue weighted by Crippen LogP contribution is -2.49. The van der Waals surface area contributed by atoms with Crippen LogP contribution < -0.4 is 0 Å². The number of piperidine rings is 1. The van der Waals surface area contributed by atoms with Gasteiger partial charge in [0, 0.05) is 57.6 Å². The Morgan fingerprint density at radius 1 is 0.769 bits per heavy atom. The van der Waals surface area contributed by atoms with Gasteiger partial charge in [0.05, 0.1) is 0 Å². The number of piperazine rings is 1. The maximum atomic E-state index is 12.8. The van der Waals surface area contributed by atoms with Gasteiger partial charge in [0.25, 0.3) is 0 Å². The smallest absolute Gasteiger partial charge is 0.225 e. The van der Waals surface area contributed by atoms with Gasteiger partial charge in [0.15, 0.2) is 0 Å². The van der Waals surface area contributed by atoms with Crippen LogP contribution in [-0.4, -0.2) is 78.7 Å². The molecule has 5 nitrogen and oxygen atoms in total. The summed E-state index contributed by atoms with van der Waals surface area (Å²) in [6.07, 6.45) is 5.94. The van der Waals surface area contributed by atoms with Gasteiger partial charge in [-0.15, -0.1) is 0 Å². The molecular weight excluding hydrogens is 326 g/mol. The van der Waals surface area contributed by atoms with Gasteiger partial charge in [-0.25, -0.2) is 0 Å². The first-order valence-electron chi connectivity index (χ1n) is 10.8. The van der Waals surface area contributed by atoms with Crippen LogP contribution >= 0.6 is 0 Å². The molecule has 0 atom stereocenters. The Kier molecular flexibility index (Phi) is 7.10. The lowest BCUT2D eigenvalue weighted by molar-refractivity contribution is -0.139. The van der Waals surface area contributed by atoms with E-state index in [1.165, 1.54) is 39.3 Å². The predicted octanol–water partition coefficient (Wildman–Crippen LogP) is 2.26. The largest absolute Gasteiger partial charge is 0.342 e. The van der Waals surface area contributed by atoms with Crippen molar-refractivity contribution in [3.8, 4) is 0 Å². The molecule has 1 saturated carbocycles. The van der Waals surface area contributed by atoms with E-state index in [0.717, 1.165) is 57.5 Å². The van der Waals surface area contributed by atoms with Crippen molar-refractivity contribution in [2.45, 2.75) is 52.4 Å². The molecule has 5 heteroatoms. The third-order valence-electron chi connectivity index (χ3n) is 7.01. The number of hydrogen-bond acceptors (Lipinski definition) is 4. The van der Waals surface area contributed by atoms with Crippen LogP contribution in [0.15, 0.2) is 0 Å². The number of carbonyl (C=O) groups excluding carboxylic acids is 2. The van der Waals surface area contributed by atoms with Crippen LogP contribution in [0.1, 0.15) is 52.4 Å². The van der Waals surface area contributed by atoms with Gasteiger partial charge in [-0.2, -0.15) is 0 Å². The first-order chi connectivity index (χ1) is 12.6. The van der Waals surface area contributed by atoms with E-state index in [1.54, 1.807) is 6.92 Å². The fraction of sp³-hybridized carbons (Fsp3) is 0.905. The molecule has 0 bridgehead atoms. The zero-order chi connectivity index (χ0) is 18.5. The Balaban J connectivity index is 1.37. The van der Waals surface area contributed by atoms with Gasteiger partial charge in [0.2, 0.25) is 5.91 Å². The molecule has 0 aromatic rings. The molecule has 2 saturated heterocycles. The van der Waals surface area contributed by atoms with Gasteiger partial charge in [-0.05, 0) is 57.9 Å². The summed E-state index contributed by atoms with van der Waals surface area (Å²) in [6.45, 7) is 13.0. The number of Topliss-reactive ketones (excluding diaryl/α,β-unsaturated/α-hetero) is 1. The van der Waals surface area contributed by atoms with Crippen molar-refractivity contribution in [2.75, 3.05) is 52.4 Å². The number of ketones is 1. The van der Waals surface area contributed by atoms with Crippen LogP contribution in [-0.2, 0) is 9.59 Å². The highest BCUT2D eigenvalue weighted by Crippen LogP contribution is 2.31. The van der Waals surface area contributed by atoms with Crippen molar-refractivity contribution in [1.29, 1.82) is 0 Å². The highest BCUT2D eigenvalue weighted by Gasteiger charge is 2.33. The zero-order valence-electron chi connectivity index (χ0n) is 16.8. The summed E-state index contributed by atoms with van der Waals surface area (Å²) >= 11 is 0. The first-order valence-corrected chi connectivity index (χ1v) is 10.8. The Labute approximate surface area is 159 Å². The van der Waals surface area contributed by atoms with Crippen LogP contribution in [0.5, 0.6) is 0 Å². The fourth-order valence-corrected chi connectivity index (χ4v) is 4.99. The summed E-state index contributed by atoms with van der Waals surface area (Å²) in [5, 5.41) is 0. The molecule has 148 valence electrons. The van der Waals surface area contributed by atoms with E-state index < -0.39 is 0 Å². The SMILES string of the molecule is CCN1CCN(CC2CCN(C(=O)C3CCC(C(C)=O)CC3)CC2)CC1. The minimum atomic E-state index is 0.171. The third-order valence-corrected chi connectivity index (χ3v) is 7.01. The van der Waals surface area contributed by atoms with E-state index in [9.17, 15) is 9.59 Å². The lowest BCUT2D eigenvalue weighted by Gasteiger charge is -2.39. The van der Waals surface area contributed by atoms with Crippen molar-refractivity contribution < 1.29 is 9.59 Å². The molecule has 0 N–H and O–H groups in total. The number of carbonyl (C=O) groups is 2. The normalized spacial score (nSPS) is 29.7. The van der Waals surface area contributed by atoms with Crippen molar-refractivity contribution in [3.63, 3.8) is 0 Å². The van der Waals surface area contributed by atoms with Crippen LogP contribution in [0.25, 0.3) is 0 Å². The van der Waals surface area contributed by atoms with Crippen LogP contribution in [0.4, 0.5) is 0 Å². The van der Waals surface area contributed by atoms with Gasteiger partial charge in [-0.3, -0.25) is 9.59 Å². The molecule has 3 fully saturated rings. The summed E-state index contributed by atoms with van der Waals surface area (Å²) in [5.41, 5.74) is 0. The van der Waals surface area contributed by atoms with Crippen LogP contribution in [0.2, 0.25) is 0 Å². The molecule has 0 aromatic carbocycles. The van der Waals surface area contributed by atoms with Crippen LogP contribution in [0.3, 0.4) is 0 Å². The molecule has 26 heavy (non-hydrogen) atoms. The van der Waals surface area contributed by atoms with E-state index in [4.69, 9.17) is 0 Å². The number of amides is 1. The Hall–Kier alpha value is -0.940. The van der Waals surface area contributed by atoms with Crippen molar-refractivity contribution >= 4 is 11.7 Å². The number of likely N-dealkylation sites (tertiary alicyclic amines) is 1. The molecule has 2 aliphatic heterocycles. The topological polar surface area (TPSA) is 43.9 Å². The van der Waals surface area contributed by atoms with Gasteiger partial charge < -0.3 is 14.7 Å². The first kappa shape index (κ1) is 19.8. The highest BCUT2D eigenvalue weighted by molar-refractivity contribution is 5.81. The Bertz CT molecular complexity index is 472. The lowest BCUT2D eigenvalue weighted by atomic mass is 9.79. The number of hydrogen-bond donors (Lipinski definition) is 0. The molecule has 3 aliphatic rings. The van der Waals surface area contributed by atoms with E-state index in [1.807, 2.05) is 0 Å². The molecule has 1 amide bonds. The molecule has 0 aromatic heterocycles. The van der Waals surface area contributed by atoms with E-state index >= 15 is 0 Å². The van der Waals surface area contributed by atoms with E-state index in [0.29, 0.717) is 11.7 Å². The van der Waals surface area contributed by atoms with Crippen molar-refractivity contribution in [2.24, 2.45) is 17.8 Å². The second-order valence-electron chi connectivity index (χ2n) is 8.66. The van der Waals surface area contributed by atoms with Crippen molar-refractivity contribution in [3.05, 3.63) is 0 Å². The standard InChI is InChI=1S/C21H37N3O2/c1-3-22-12-14-23(15-13-22)16-18-8-10-24(11-9-18)21(26)20-6-4-19(5-7-20)17(2)25/h18-20H,3-16H2,1-2H3. The minimum Gasteiger partial charge on any atom is -0.342 e. The Morgan fingerprint density at radius 2 is 1.31 bits per heavy atom. The molecule has 2 heterocycles. The monoisotopic (exact) mass is 363 g/mol. The molecule has 3 rings (SSSR count). The van der Waals surface area contributed by atoms with E-state index in [2.05, 4.69) is 21.6 Å². The quantitative estimate of drug-likeness (QED) is 0.751. The maximum absolute atomic E-state index is 12.8. The number of nitrogens with zero attached hydrogens (tertiary/aromatic N) is 3. The second-order valence-corrected chi connectivity index (χ2v) is 8.66. The third kappa shape index (κ3) is 5.07. The molecule has 0 spiro atoms. The highest BCUT2D eigenvalue weighted by atomic mass is 16.2. The molecule has 1 aliphatic carbocycles. The number of rotatable bonds is 5. The summed E-state index contributed by atoms with van der Waals surface area (Å²) in [7, 11) is 0. The summed E-state index contributed by atoms with van der Waals surface area (Å²) in [5.74, 6) is 1.79. The molecule has 0 unspecified atom stereocenters. The van der Waals surface area contributed by atoms with E-state index in [-0.39, 0.29) is 11.8 Å². The van der Waals surface area contributed by atoms with Gasteiger partial charge >= 0.3 is 0 Å². The predicted molar refractivity (Wildman–Crippen MR) is 104 cm³/mol. The fourth-order valence-electron chi connectivity index (χ4n) is 4.99. The maximum Gasteiger partial charge on any atom is 0.225 e. The summed E-state index contributed by atoms with van der Waals surface area (Å²) in [4.78, 5) is 31.6.